The van der Waals surface area contributed by atoms with Crippen molar-refractivity contribution in [2.45, 2.75) is 6.42 Å². The van der Waals surface area contributed by atoms with Gasteiger partial charge in [-0.1, -0.05) is 0 Å². The van der Waals surface area contributed by atoms with Crippen LogP contribution in [0.5, 0.6) is 0 Å². The molecule has 0 aromatic carbocycles. The van der Waals surface area contributed by atoms with E-state index in [0.717, 1.165) is 0 Å². The SMILES string of the molecule is CS(=O)(=S)OCCCS(=O)(=O)[O-].[Na+]. The van der Waals surface area contributed by atoms with Crippen molar-refractivity contribution in [3.8, 4) is 0 Å². The molecule has 74 valence electrons. The molecule has 13 heavy (non-hydrogen) atoms. The molecule has 0 aromatic heterocycles. The molecule has 0 N–H and O–H groups in total. The van der Waals surface area contributed by atoms with E-state index in [-0.39, 0.29) is 42.6 Å². The van der Waals surface area contributed by atoms with Gasteiger partial charge >= 0.3 is 29.6 Å². The molecule has 0 saturated carbocycles. The number of hydrogen-bond acceptors (Lipinski definition) is 6. The van der Waals surface area contributed by atoms with Gasteiger partial charge in [0, 0.05) is 23.2 Å². The molecule has 0 rings (SSSR count). The van der Waals surface area contributed by atoms with E-state index < -0.39 is 24.6 Å². The van der Waals surface area contributed by atoms with Crippen LogP contribution < -0.4 is 29.6 Å². The van der Waals surface area contributed by atoms with Crippen LogP contribution in [0.4, 0.5) is 0 Å². The number of rotatable bonds is 5. The molecule has 1 atom stereocenters. The summed E-state index contributed by atoms with van der Waals surface area (Å²) in [4.78, 5) is 0. The van der Waals surface area contributed by atoms with E-state index >= 15 is 0 Å². The zero-order valence-electron chi connectivity index (χ0n) is 7.39. The molecule has 0 heterocycles. The second-order valence-electron chi connectivity index (χ2n) is 2.14. The summed E-state index contributed by atoms with van der Waals surface area (Å²) in [5, 5.41) is 0. The minimum absolute atomic E-state index is 0. The van der Waals surface area contributed by atoms with Crippen molar-refractivity contribution < 1.29 is 50.9 Å². The van der Waals surface area contributed by atoms with E-state index in [1.54, 1.807) is 0 Å². The van der Waals surface area contributed by atoms with Gasteiger partial charge in [-0.3, -0.25) is 4.18 Å². The zero-order valence-corrected chi connectivity index (χ0v) is 11.8. The van der Waals surface area contributed by atoms with E-state index in [1.165, 1.54) is 6.26 Å². The van der Waals surface area contributed by atoms with Crippen LogP contribution >= 0.6 is 0 Å². The molecule has 0 radical (unpaired) electrons. The predicted octanol–water partition coefficient (Wildman–Crippen LogP) is -3.77. The molecule has 1 unspecified atom stereocenters. The van der Waals surface area contributed by atoms with Gasteiger partial charge in [0.1, 0.15) is 8.77 Å². The third-order valence-electron chi connectivity index (χ3n) is 0.836. The summed E-state index contributed by atoms with van der Waals surface area (Å²) in [5.74, 6) is -0.516. The van der Waals surface area contributed by atoms with Crippen LogP contribution in [0.2, 0.25) is 0 Å². The topological polar surface area (TPSA) is 83.5 Å². The molecule has 0 fully saturated rings. The van der Waals surface area contributed by atoms with Gasteiger partial charge in [0.25, 0.3) is 0 Å². The second-order valence-corrected chi connectivity index (χ2v) is 7.13. The Balaban J connectivity index is 0. The molecule has 0 bridgehead atoms. The Morgan fingerprint density at radius 2 is 1.85 bits per heavy atom. The normalized spacial score (nSPS) is 15.8. The maximum absolute atomic E-state index is 10.7. The van der Waals surface area contributed by atoms with E-state index in [4.69, 9.17) is 0 Å². The van der Waals surface area contributed by atoms with Crippen molar-refractivity contribution in [2.75, 3.05) is 18.6 Å². The molecule has 0 amide bonds. The maximum Gasteiger partial charge on any atom is 1.00 e. The van der Waals surface area contributed by atoms with Crippen LogP contribution in [0.25, 0.3) is 0 Å². The summed E-state index contributed by atoms with van der Waals surface area (Å²) >= 11 is 4.37. The smallest absolute Gasteiger partial charge is 0.748 e. The van der Waals surface area contributed by atoms with Crippen LogP contribution in [0.3, 0.4) is 0 Å². The van der Waals surface area contributed by atoms with Crippen LogP contribution in [0.15, 0.2) is 0 Å². The van der Waals surface area contributed by atoms with Gasteiger partial charge in [0.15, 0.2) is 0 Å². The number of hydrogen-bond donors (Lipinski definition) is 0. The summed E-state index contributed by atoms with van der Waals surface area (Å²) in [6, 6.07) is 0. The summed E-state index contributed by atoms with van der Waals surface area (Å²) in [7, 11) is -6.90. The summed E-state index contributed by atoms with van der Waals surface area (Å²) < 4.78 is 45.4. The minimum atomic E-state index is -4.20. The fourth-order valence-corrected chi connectivity index (χ4v) is 1.54. The maximum atomic E-state index is 10.7. The first kappa shape index (κ1) is 16.7. The molecule has 0 aliphatic heterocycles. The van der Waals surface area contributed by atoms with Gasteiger partial charge < -0.3 is 4.55 Å². The average molecular weight is 256 g/mol. The monoisotopic (exact) mass is 256 g/mol. The molecule has 5 nitrogen and oxygen atoms in total. The van der Waals surface area contributed by atoms with Crippen molar-refractivity contribution >= 4 is 30.1 Å². The van der Waals surface area contributed by atoms with E-state index in [0.29, 0.717) is 0 Å². The Morgan fingerprint density at radius 1 is 1.38 bits per heavy atom. The molecule has 0 aliphatic carbocycles. The van der Waals surface area contributed by atoms with Gasteiger partial charge in [0.2, 0.25) is 0 Å². The second kappa shape index (κ2) is 6.67. The first-order valence-corrected chi connectivity index (χ1v) is 7.38. The third kappa shape index (κ3) is 16.0. The first-order valence-electron chi connectivity index (χ1n) is 2.99. The van der Waals surface area contributed by atoms with Gasteiger partial charge in [-0.25, -0.2) is 12.6 Å². The molecule has 0 saturated heterocycles. The molecule has 0 spiro atoms. The average Bonchev–Trinajstić information content (AvgIpc) is 1.76. The van der Waals surface area contributed by atoms with Gasteiger partial charge in [-0.05, 0) is 6.42 Å². The summed E-state index contributed by atoms with van der Waals surface area (Å²) in [6.07, 6.45) is 1.24. The van der Waals surface area contributed by atoms with Crippen LogP contribution in [0, 0.1) is 0 Å². The fourth-order valence-electron chi connectivity index (χ4n) is 0.446. The largest absolute Gasteiger partial charge is 1.00 e. The summed E-state index contributed by atoms with van der Waals surface area (Å²) in [5.41, 5.74) is 0. The Kier molecular flexibility index (Phi) is 8.55. The van der Waals surface area contributed by atoms with Crippen molar-refractivity contribution in [3.05, 3.63) is 0 Å². The Labute approximate surface area is 105 Å². The van der Waals surface area contributed by atoms with Crippen molar-refractivity contribution in [3.63, 3.8) is 0 Å². The van der Waals surface area contributed by atoms with Gasteiger partial charge in [-0.15, -0.1) is 0 Å². The quantitative estimate of drug-likeness (QED) is 0.285. The van der Waals surface area contributed by atoms with Crippen LogP contribution in [-0.4, -0.2) is 35.8 Å². The van der Waals surface area contributed by atoms with Gasteiger partial charge in [0.05, 0.1) is 16.7 Å². The third-order valence-corrected chi connectivity index (χ3v) is 2.51. The van der Waals surface area contributed by atoms with Gasteiger partial charge in [-0.2, -0.15) is 0 Å². The van der Waals surface area contributed by atoms with Crippen LogP contribution in [0.1, 0.15) is 6.42 Å². The van der Waals surface area contributed by atoms with Crippen molar-refractivity contribution in [1.29, 1.82) is 0 Å². The zero-order chi connectivity index (χ0) is 9.83. The van der Waals surface area contributed by atoms with Crippen molar-refractivity contribution in [2.24, 2.45) is 0 Å². The Morgan fingerprint density at radius 3 is 2.15 bits per heavy atom. The van der Waals surface area contributed by atoms with Crippen LogP contribution in [-0.2, 0) is 34.3 Å². The summed E-state index contributed by atoms with van der Waals surface area (Å²) in [6.45, 7) is -0.0691. The molecule has 9 heteroatoms. The predicted molar refractivity (Wildman–Crippen MR) is 46.6 cm³/mol. The molecular weight excluding hydrogens is 247 g/mol. The fraction of sp³-hybridized carbons (Fsp3) is 1.00. The van der Waals surface area contributed by atoms with E-state index in [2.05, 4.69) is 15.4 Å². The molecular formula is C4H9NaO5S3. The van der Waals surface area contributed by atoms with E-state index in [1.807, 2.05) is 0 Å². The Bertz CT molecular complexity index is 284. The standard InChI is InChI=1S/C4H10O5S3.Na/c1-11(5,10)9-3-2-4-12(6,7)8;/h2-4H2,1H3,(H,6,7,8);/q;+1/p-1. The molecule has 0 aliphatic rings. The van der Waals surface area contributed by atoms with E-state index in [9.17, 15) is 17.2 Å². The first-order chi connectivity index (χ1) is 5.21. The Hall–Kier alpha value is 1.24. The van der Waals surface area contributed by atoms with Crippen molar-refractivity contribution in [1.82, 2.24) is 0 Å². The molecule has 0 aromatic rings. The minimum Gasteiger partial charge on any atom is -0.748 e.